The third-order valence-corrected chi connectivity index (χ3v) is 3.34. The number of aromatic amines is 1. The summed E-state index contributed by atoms with van der Waals surface area (Å²) in [6.45, 7) is 2.61. The maximum Gasteiger partial charge on any atom is 0.265 e. The molecule has 2 aromatic heterocycles. The number of nitrogens with zero attached hydrogens (tertiary/aromatic N) is 3. The summed E-state index contributed by atoms with van der Waals surface area (Å²) in [5, 5.41) is 10.0. The molecule has 0 aliphatic heterocycles. The lowest BCUT2D eigenvalue weighted by atomic mass is 10.6. The molecule has 0 aliphatic carbocycles. The highest BCUT2D eigenvalue weighted by Crippen LogP contribution is 2.13. The van der Waals surface area contributed by atoms with Gasteiger partial charge in [-0.1, -0.05) is 0 Å². The molecule has 0 aliphatic rings. The van der Waals surface area contributed by atoms with Gasteiger partial charge in [0.05, 0.1) is 18.1 Å². The van der Waals surface area contributed by atoms with Gasteiger partial charge in [-0.15, -0.1) is 0 Å². The monoisotopic (exact) mass is 241 g/mol. The van der Waals surface area contributed by atoms with Crippen LogP contribution in [-0.2, 0) is 16.6 Å². The number of hydrogen-bond donors (Lipinski definition) is 2. The van der Waals surface area contributed by atoms with Crippen molar-refractivity contribution in [2.24, 2.45) is 0 Å². The highest BCUT2D eigenvalue weighted by atomic mass is 32.2. The molecule has 8 heteroatoms. The van der Waals surface area contributed by atoms with Crippen molar-refractivity contribution in [1.29, 1.82) is 0 Å². The number of nitrogens with one attached hydrogen (secondary N) is 2. The zero-order chi connectivity index (χ0) is 11.6. The summed E-state index contributed by atoms with van der Waals surface area (Å²) in [6.07, 6.45) is 5.64. The van der Waals surface area contributed by atoms with Crippen LogP contribution in [0.1, 0.15) is 6.92 Å². The molecular formula is C8H11N5O2S. The Morgan fingerprint density at radius 1 is 1.50 bits per heavy atom. The SMILES string of the molecule is CCn1cc(NS(=O)(=O)c2cn[nH]c2)cn1. The minimum atomic E-state index is -3.56. The van der Waals surface area contributed by atoms with Crippen LogP contribution in [0.2, 0.25) is 0 Å². The summed E-state index contributed by atoms with van der Waals surface area (Å²) in [5.74, 6) is 0. The third-order valence-electron chi connectivity index (χ3n) is 1.99. The van der Waals surface area contributed by atoms with Gasteiger partial charge in [-0.3, -0.25) is 14.5 Å². The molecule has 0 fully saturated rings. The molecule has 0 saturated carbocycles. The van der Waals surface area contributed by atoms with Crippen LogP contribution in [0.3, 0.4) is 0 Å². The van der Waals surface area contributed by atoms with Gasteiger partial charge in [-0.2, -0.15) is 10.2 Å². The second-order valence-electron chi connectivity index (χ2n) is 3.12. The van der Waals surface area contributed by atoms with E-state index < -0.39 is 10.0 Å². The fraction of sp³-hybridized carbons (Fsp3) is 0.250. The molecule has 0 bridgehead atoms. The van der Waals surface area contributed by atoms with E-state index in [1.165, 1.54) is 18.6 Å². The van der Waals surface area contributed by atoms with Gasteiger partial charge >= 0.3 is 0 Å². The van der Waals surface area contributed by atoms with E-state index in [1.54, 1.807) is 10.9 Å². The second kappa shape index (κ2) is 3.97. The molecule has 2 aromatic rings. The largest absolute Gasteiger partial charge is 0.284 e. The van der Waals surface area contributed by atoms with E-state index in [4.69, 9.17) is 0 Å². The minimum absolute atomic E-state index is 0.0942. The lowest BCUT2D eigenvalue weighted by Gasteiger charge is -2.01. The minimum Gasteiger partial charge on any atom is -0.284 e. The van der Waals surface area contributed by atoms with Gasteiger partial charge in [-0.25, -0.2) is 8.42 Å². The standard InChI is InChI=1S/C8H11N5O2S/c1-2-13-6-7(3-11-13)12-16(14,15)8-4-9-10-5-8/h3-6,12H,2H2,1H3,(H,9,10). The molecule has 2 heterocycles. The first-order chi connectivity index (χ1) is 7.62. The molecule has 86 valence electrons. The second-order valence-corrected chi connectivity index (χ2v) is 4.81. The molecule has 16 heavy (non-hydrogen) atoms. The number of aryl methyl sites for hydroxylation is 1. The molecule has 0 unspecified atom stereocenters. The molecule has 0 spiro atoms. The van der Waals surface area contributed by atoms with Crippen molar-refractivity contribution < 1.29 is 8.42 Å². The molecule has 2 N–H and O–H groups in total. The van der Waals surface area contributed by atoms with Gasteiger partial charge in [0, 0.05) is 18.9 Å². The quantitative estimate of drug-likeness (QED) is 0.811. The average molecular weight is 241 g/mol. The van der Waals surface area contributed by atoms with Gasteiger partial charge in [0.15, 0.2) is 0 Å². The molecule has 0 amide bonds. The van der Waals surface area contributed by atoms with Crippen molar-refractivity contribution in [3.63, 3.8) is 0 Å². The van der Waals surface area contributed by atoms with E-state index in [1.807, 2.05) is 6.92 Å². The van der Waals surface area contributed by atoms with Crippen molar-refractivity contribution in [3.8, 4) is 0 Å². The van der Waals surface area contributed by atoms with Crippen molar-refractivity contribution in [2.45, 2.75) is 18.4 Å². The van der Waals surface area contributed by atoms with Gasteiger partial charge < -0.3 is 0 Å². The van der Waals surface area contributed by atoms with E-state index in [0.717, 1.165) is 0 Å². The normalized spacial score (nSPS) is 11.6. The van der Waals surface area contributed by atoms with Crippen LogP contribution >= 0.6 is 0 Å². The van der Waals surface area contributed by atoms with Crippen molar-refractivity contribution in [1.82, 2.24) is 20.0 Å². The summed E-state index contributed by atoms with van der Waals surface area (Å²) in [5.41, 5.74) is 0.433. The summed E-state index contributed by atoms with van der Waals surface area (Å²) in [4.78, 5) is 0.0942. The number of hydrogen-bond acceptors (Lipinski definition) is 4. The average Bonchev–Trinajstić information content (AvgIpc) is 2.86. The smallest absolute Gasteiger partial charge is 0.265 e. The zero-order valence-corrected chi connectivity index (χ0v) is 9.40. The van der Waals surface area contributed by atoms with E-state index >= 15 is 0 Å². The van der Waals surface area contributed by atoms with Crippen LogP contribution in [0.25, 0.3) is 0 Å². The van der Waals surface area contributed by atoms with E-state index in [2.05, 4.69) is 20.0 Å². The van der Waals surface area contributed by atoms with Gasteiger partial charge in [0.1, 0.15) is 4.90 Å². The van der Waals surface area contributed by atoms with Crippen LogP contribution < -0.4 is 4.72 Å². The molecule has 0 atom stereocenters. The van der Waals surface area contributed by atoms with Gasteiger partial charge in [0.2, 0.25) is 0 Å². The number of sulfonamides is 1. The molecule has 0 aromatic carbocycles. The van der Waals surface area contributed by atoms with Crippen LogP contribution in [0, 0.1) is 0 Å². The fourth-order valence-corrected chi connectivity index (χ4v) is 2.12. The lowest BCUT2D eigenvalue weighted by Crippen LogP contribution is -2.11. The molecular weight excluding hydrogens is 230 g/mol. The topological polar surface area (TPSA) is 92.7 Å². The van der Waals surface area contributed by atoms with Gasteiger partial charge in [-0.05, 0) is 6.92 Å². The Hall–Kier alpha value is -1.83. The first-order valence-electron chi connectivity index (χ1n) is 4.66. The van der Waals surface area contributed by atoms with E-state index in [0.29, 0.717) is 12.2 Å². The number of H-pyrrole nitrogens is 1. The van der Waals surface area contributed by atoms with E-state index in [-0.39, 0.29) is 4.90 Å². The highest BCUT2D eigenvalue weighted by molar-refractivity contribution is 7.92. The van der Waals surface area contributed by atoms with Crippen molar-refractivity contribution in [3.05, 3.63) is 24.8 Å². The number of aromatic nitrogens is 4. The Morgan fingerprint density at radius 3 is 2.88 bits per heavy atom. The van der Waals surface area contributed by atoms with Crippen molar-refractivity contribution in [2.75, 3.05) is 4.72 Å². The molecule has 0 radical (unpaired) electrons. The highest BCUT2D eigenvalue weighted by Gasteiger charge is 2.15. The zero-order valence-electron chi connectivity index (χ0n) is 8.58. The van der Waals surface area contributed by atoms with Crippen LogP contribution in [0.5, 0.6) is 0 Å². The predicted octanol–water partition coefficient (Wildman–Crippen LogP) is 0.427. The summed E-state index contributed by atoms with van der Waals surface area (Å²) in [6, 6.07) is 0. The van der Waals surface area contributed by atoms with Crippen molar-refractivity contribution >= 4 is 15.7 Å². The fourth-order valence-electron chi connectivity index (χ4n) is 1.19. The molecule has 0 saturated heterocycles. The molecule has 7 nitrogen and oxygen atoms in total. The Bertz CT molecular complexity index is 557. The Balaban J connectivity index is 2.21. The van der Waals surface area contributed by atoms with E-state index in [9.17, 15) is 8.42 Å². The summed E-state index contributed by atoms with van der Waals surface area (Å²) < 4.78 is 27.5. The Labute approximate surface area is 92.5 Å². The molecule has 2 rings (SSSR count). The number of rotatable bonds is 4. The summed E-state index contributed by atoms with van der Waals surface area (Å²) >= 11 is 0. The van der Waals surface area contributed by atoms with Crippen LogP contribution in [0.15, 0.2) is 29.7 Å². The predicted molar refractivity (Wildman–Crippen MR) is 57.3 cm³/mol. The number of anilines is 1. The van der Waals surface area contributed by atoms with Crippen LogP contribution in [-0.4, -0.2) is 28.4 Å². The van der Waals surface area contributed by atoms with Gasteiger partial charge in [0.25, 0.3) is 10.0 Å². The third kappa shape index (κ3) is 2.06. The maximum absolute atomic E-state index is 11.8. The lowest BCUT2D eigenvalue weighted by molar-refractivity contribution is 0.601. The Morgan fingerprint density at radius 2 is 2.31 bits per heavy atom. The summed E-state index contributed by atoms with van der Waals surface area (Å²) in [7, 11) is -3.56. The Kier molecular flexibility index (Phi) is 2.65. The maximum atomic E-state index is 11.8. The van der Waals surface area contributed by atoms with Crippen LogP contribution in [0.4, 0.5) is 5.69 Å². The first-order valence-corrected chi connectivity index (χ1v) is 6.14. The first kappa shape index (κ1) is 10.7.